The molecule has 4 nitrogen and oxygen atoms in total. The lowest BCUT2D eigenvalue weighted by atomic mass is 9.44. The lowest BCUT2D eigenvalue weighted by molar-refractivity contribution is -0.135. The van der Waals surface area contributed by atoms with Crippen LogP contribution in [0.4, 0.5) is 0 Å². The van der Waals surface area contributed by atoms with E-state index in [0.717, 1.165) is 55.2 Å². The second-order valence-corrected chi connectivity index (χ2v) is 14.3. The highest BCUT2D eigenvalue weighted by molar-refractivity contribution is 7.99. The predicted molar refractivity (Wildman–Crippen MR) is 138 cm³/mol. The molecule has 0 radical (unpaired) electrons. The van der Waals surface area contributed by atoms with Crippen LogP contribution in [0.15, 0.2) is 11.6 Å². The smallest absolute Gasteiger partial charge is 0.331 e. The molecule has 0 aromatic heterocycles. The van der Waals surface area contributed by atoms with Crippen molar-refractivity contribution < 1.29 is 14.3 Å². The number of nitrogens with zero attached hydrogens (tertiary/aromatic N) is 1. The van der Waals surface area contributed by atoms with Gasteiger partial charge in [0.15, 0.2) is 0 Å². The third kappa shape index (κ3) is 4.10. The van der Waals surface area contributed by atoms with Crippen molar-refractivity contribution in [2.24, 2.45) is 40.4 Å². The number of carbonyl (C=O) groups is 1. The quantitative estimate of drug-likeness (QED) is 0.475. The van der Waals surface area contributed by atoms with E-state index in [1.807, 2.05) is 6.08 Å². The molecule has 0 spiro atoms. The molecule has 0 N–H and O–H groups in total. The van der Waals surface area contributed by atoms with Crippen molar-refractivity contribution in [3.63, 3.8) is 0 Å². The lowest BCUT2D eigenvalue weighted by Gasteiger charge is -2.61. The summed E-state index contributed by atoms with van der Waals surface area (Å²) >= 11 is 2.28. The summed E-state index contributed by atoms with van der Waals surface area (Å²) in [6.45, 7) is 11.2. The van der Waals surface area contributed by atoms with Gasteiger partial charge in [-0.15, -0.1) is 0 Å². The zero-order valence-electron chi connectivity index (χ0n) is 21.4. The van der Waals surface area contributed by atoms with Crippen LogP contribution in [0.5, 0.6) is 0 Å². The predicted octanol–water partition coefficient (Wildman–Crippen LogP) is 5.56. The van der Waals surface area contributed by atoms with Gasteiger partial charge in [-0.1, -0.05) is 13.8 Å². The van der Waals surface area contributed by atoms with Gasteiger partial charge >= 0.3 is 5.97 Å². The summed E-state index contributed by atoms with van der Waals surface area (Å²) in [5, 5.41) is 0.882. The first-order valence-corrected chi connectivity index (χ1v) is 15.3. The molecule has 0 amide bonds. The molecule has 8 atom stereocenters. The van der Waals surface area contributed by atoms with Gasteiger partial charge in [-0.25, -0.2) is 4.79 Å². The van der Waals surface area contributed by atoms with Crippen LogP contribution in [0, 0.1) is 40.4 Å². The topological polar surface area (TPSA) is 38.8 Å². The molecule has 4 saturated carbocycles. The Balaban J connectivity index is 1.08. The SMILES string of the molecule is C[C@]12CC[C@H](SCCN3CCOCC3)C[C@@H]1CC[C@@H]1[C@@H]2CC[C@]2(C)[C@@H](C3=CC(=O)OC3)CC[C@@H]12. The highest BCUT2D eigenvalue weighted by atomic mass is 32.2. The van der Waals surface area contributed by atoms with E-state index in [0.29, 0.717) is 23.4 Å². The fourth-order valence-electron chi connectivity index (χ4n) is 9.74. The van der Waals surface area contributed by atoms with Gasteiger partial charge in [-0.05, 0) is 104 Å². The van der Waals surface area contributed by atoms with Crippen LogP contribution in [0.25, 0.3) is 0 Å². The van der Waals surface area contributed by atoms with Crippen LogP contribution in [-0.4, -0.2) is 61.3 Å². The van der Waals surface area contributed by atoms with Crippen molar-refractivity contribution in [3.8, 4) is 0 Å². The van der Waals surface area contributed by atoms with Crippen LogP contribution < -0.4 is 0 Å². The van der Waals surface area contributed by atoms with E-state index >= 15 is 0 Å². The number of ether oxygens (including phenoxy) is 2. The third-order valence-electron chi connectivity index (χ3n) is 11.6. The molecule has 2 heterocycles. The minimum atomic E-state index is -0.108. The second kappa shape index (κ2) is 9.41. The number of carbonyl (C=O) groups excluding carboxylic acids is 1. The van der Waals surface area contributed by atoms with Crippen molar-refractivity contribution >= 4 is 17.7 Å². The van der Waals surface area contributed by atoms with Crippen LogP contribution in [0.1, 0.15) is 71.6 Å². The van der Waals surface area contributed by atoms with Crippen molar-refractivity contribution in [3.05, 3.63) is 11.6 Å². The molecule has 0 unspecified atom stereocenters. The Hall–Kier alpha value is -0.520. The fourth-order valence-corrected chi connectivity index (χ4v) is 11.1. The average Bonchev–Trinajstić information content (AvgIpc) is 3.42. The largest absolute Gasteiger partial charge is 0.458 e. The molecule has 2 aliphatic heterocycles. The van der Waals surface area contributed by atoms with Crippen LogP contribution >= 0.6 is 11.8 Å². The van der Waals surface area contributed by atoms with Gasteiger partial charge in [0.1, 0.15) is 6.61 Å². The van der Waals surface area contributed by atoms with Gasteiger partial charge in [-0.2, -0.15) is 11.8 Å². The molecule has 0 bridgehead atoms. The zero-order chi connectivity index (χ0) is 23.3. The van der Waals surface area contributed by atoms with Crippen molar-refractivity contribution in [1.29, 1.82) is 0 Å². The number of rotatable bonds is 5. The third-order valence-corrected chi connectivity index (χ3v) is 12.9. The minimum Gasteiger partial charge on any atom is -0.458 e. The Kier molecular flexibility index (Phi) is 6.60. The molecule has 5 heteroatoms. The van der Waals surface area contributed by atoms with Gasteiger partial charge in [0.25, 0.3) is 0 Å². The van der Waals surface area contributed by atoms with Crippen LogP contribution in [-0.2, 0) is 14.3 Å². The van der Waals surface area contributed by atoms with Gasteiger partial charge < -0.3 is 9.47 Å². The summed E-state index contributed by atoms with van der Waals surface area (Å²) in [7, 11) is 0. The number of cyclic esters (lactones) is 1. The number of fused-ring (bicyclic) bond motifs is 5. The Labute approximate surface area is 211 Å². The first kappa shape index (κ1) is 23.9. The Morgan fingerprint density at radius 1 is 1.00 bits per heavy atom. The maximum atomic E-state index is 11.8. The normalized spacial score (nSPS) is 46.9. The number of esters is 1. The van der Waals surface area contributed by atoms with E-state index in [9.17, 15) is 4.79 Å². The van der Waals surface area contributed by atoms with E-state index in [4.69, 9.17) is 9.47 Å². The Morgan fingerprint density at radius 3 is 2.59 bits per heavy atom. The molecular formula is C29H45NO3S. The molecule has 1 saturated heterocycles. The summed E-state index contributed by atoms with van der Waals surface area (Å²) in [6, 6.07) is 0. The lowest BCUT2D eigenvalue weighted by Crippen LogP contribution is -2.53. The van der Waals surface area contributed by atoms with E-state index < -0.39 is 0 Å². The molecule has 190 valence electrons. The Morgan fingerprint density at radius 2 is 1.79 bits per heavy atom. The summed E-state index contributed by atoms with van der Waals surface area (Å²) in [5.41, 5.74) is 2.26. The number of thioether (sulfide) groups is 1. The first-order chi connectivity index (χ1) is 16.5. The Bertz CT molecular complexity index is 809. The van der Waals surface area contributed by atoms with Crippen LogP contribution in [0.2, 0.25) is 0 Å². The molecule has 5 fully saturated rings. The molecule has 0 aromatic carbocycles. The van der Waals surface area contributed by atoms with Gasteiger partial charge in [0.05, 0.1) is 13.2 Å². The van der Waals surface area contributed by atoms with E-state index in [-0.39, 0.29) is 5.97 Å². The van der Waals surface area contributed by atoms with E-state index in [1.54, 1.807) is 0 Å². The van der Waals surface area contributed by atoms with E-state index in [1.165, 1.54) is 75.7 Å². The maximum absolute atomic E-state index is 11.8. The second-order valence-electron chi connectivity index (χ2n) is 12.9. The van der Waals surface area contributed by atoms with Crippen LogP contribution in [0.3, 0.4) is 0 Å². The molecule has 0 aromatic rings. The average molecular weight is 488 g/mol. The monoisotopic (exact) mass is 487 g/mol. The minimum absolute atomic E-state index is 0.108. The highest BCUT2D eigenvalue weighted by Crippen LogP contribution is 2.68. The summed E-state index contributed by atoms with van der Waals surface area (Å²) in [4.78, 5) is 14.4. The summed E-state index contributed by atoms with van der Waals surface area (Å²) < 4.78 is 10.8. The number of hydrogen-bond acceptors (Lipinski definition) is 5. The number of hydrogen-bond donors (Lipinski definition) is 0. The highest BCUT2D eigenvalue weighted by Gasteiger charge is 2.60. The zero-order valence-corrected chi connectivity index (χ0v) is 22.3. The molecular weight excluding hydrogens is 442 g/mol. The van der Waals surface area contributed by atoms with E-state index in [2.05, 4.69) is 30.5 Å². The maximum Gasteiger partial charge on any atom is 0.331 e. The van der Waals surface area contributed by atoms with Crippen molar-refractivity contribution in [1.82, 2.24) is 4.90 Å². The van der Waals surface area contributed by atoms with Crippen molar-refractivity contribution in [2.75, 3.05) is 45.2 Å². The van der Waals surface area contributed by atoms with Crippen molar-refractivity contribution in [2.45, 2.75) is 76.9 Å². The number of morpholine rings is 1. The van der Waals surface area contributed by atoms with Gasteiger partial charge in [0, 0.05) is 36.7 Å². The van der Waals surface area contributed by atoms with Gasteiger partial charge in [-0.3, -0.25) is 4.90 Å². The summed E-state index contributed by atoms with van der Waals surface area (Å²) in [5.74, 6) is 5.40. The standard InChI is InChI=1S/C29H45NO3S/c1-28-9-7-22(34-16-13-30-11-14-32-15-12-30)18-21(28)3-4-23-25-6-5-24(20-17-27(31)33-19-20)29(25,2)10-8-26(23)28/h17,21-26H,3-16,18-19H2,1-2H3/t21-,22-,23-,24+,25-,26-,28-,29+/m0/s1. The molecule has 6 aliphatic rings. The molecule has 4 aliphatic carbocycles. The fraction of sp³-hybridized carbons (Fsp3) is 0.897. The molecule has 34 heavy (non-hydrogen) atoms. The van der Waals surface area contributed by atoms with Gasteiger partial charge in [0.2, 0.25) is 0 Å². The molecule has 6 rings (SSSR count). The summed E-state index contributed by atoms with van der Waals surface area (Å²) in [6.07, 6.45) is 14.5. The first-order valence-electron chi connectivity index (χ1n) is 14.3.